The number of rotatable bonds is 4. The standard InChI is InChI=1S/C33H48N6O4/c1-32(2,3)43-31(42)37-21-23-19-36(20-24(23)22-37)28-29(40)39(27-12-8-7-11-26(27)35-28)25-13-17-38(18-14-25)33(30(34)41)15-9-5-4-6-10-16-33/h7-8,11-12,23-25H,4-6,9-10,13-22H2,1-3H3,(H2,34,41). The Hall–Kier alpha value is -3.14. The molecule has 2 N–H and O–H groups in total. The molecule has 10 nitrogen and oxygen atoms in total. The third kappa shape index (κ3) is 5.87. The average Bonchev–Trinajstić information content (AvgIpc) is 3.52. The molecular formula is C33H48N6O4. The van der Waals surface area contributed by atoms with Crippen molar-refractivity contribution in [2.45, 2.75) is 95.7 Å². The SMILES string of the molecule is CC(C)(C)OC(=O)N1CC2CN(c3nc4ccccc4n(C4CCN(C5(C(N)=O)CCCCCCC5)CC4)c3=O)CC2C1. The summed E-state index contributed by atoms with van der Waals surface area (Å²) in [4.78, 5) is 51.0. The van der Waals surface area contributed by atoms with Gasteiger partial charge in [0.25, 0.3) is 5.56 Å². The van der Waals surface area contributed by atoms with Crippen LogP contribution < -0.4 is 16.2 Å². The molecule has 0 bridgehead atoms. The molecular weight excluding hydrogens is 544 g/mol. The number of aromatic nitrogens is 2. The number of amides is 2. The predicted molar refractivity (Wildman–Crippen MR) is 167 cm³/mol. The zero-order valence-electron chi connectivity index (χ0n) is 26.1. The Labute approximate surface area is 254 Å². The van der Waals surface area contributed by atoms with Gasteiger partial charge >= 0.3 is 6.09 Å². The van der Waals surface area contributed by atoms with Crippen LogP contribution >= 0.6 is 0 Å². The van der Waals surface area contributed by atoms with Crippen LogP contribution in [0.4, 0.5) is 10.6 Å². The number of hydrogen-bond acceptors (Lipinski definition) is 7. The lowest BCUT2D eigenvalue weighted by Crippen LogP contribution is -2.60. The first-order valence-electron chi connectivity index (χ1n) is 16.3. The number of para-hydroxylation sites is 2. The molecule has 4 fully saturated rings. The van der Waals surface area contributed by atoms with E-state index in [1.807, 2.05) is 54.5 Å². The second kappa shape index (κ2) is 11.7. The van der Waals surface area contributed by atoms with E-state index < -0.39 is 11.1 Å². The van der Waals surface area contributed by atoms with E-state index in [1.54, 1.807) is 0 Å². The number of piperidine rings is 1. The minimum Gasteiger partial charge on any atom is -0.444 e. The second-order valence-electron chi connectivity index (χ2n) is 14.3. The first-order chi connectivity index (χ1) is 20.6. The van der Waals surface area contributed by atoms with Crippen LogP contribution in [0.1, 0.15) is 84.6 Å². The zero-order valence-corrected chi connectivity index (χ0v) is 26.1. The number of primary amides is 1. The number of ether oxygens (including phenoxy) is 1. The number of nitrogens with zero attached hydrogens (tertiary/aromatic N) is 5. The number of anilines is 1. The third-order valence-electron chi connectivity index (χ3n) is 10.3. The summed E-state index contributed by atoms with van der Waals surface area (Å²) in [7, 11) is 0. The van der Waals surface area contributed by atoms with E-state index in [-0.39, 0.29) is 35.4 Å². The highest BCUT2D eigenvalue weighted by atomic mass is 16.6. The van der Waals surface area contributed by atoms with Crippen LogP contribution in [0.3, 0.4) is 0 Å². The number of carbonyl (C=O) groups is 2. The van der Waals surface area contributed by atoms with Gasteiger partial charge in [-0.15, -0.1) is 0 Å². The average molecular weight is 593 g/mol. The molecule has 1 aromatic heterocycles. The van der Waals surface area contributed by atoms with Crippen LogP contribution in [0.2, 0.25) is 0 Å². The molecule has 2 unspecified atom stereocenters. The number of likely N-dealkylation sites (tertiary alicyclic amines) is 2. The van der Waals surface area contributed by atoms with Gasteiger partial charge in [0.2, 0.25) is 5.91 Å². The molecule has 3 saturated heterocycles. The summed E-state index contributed by atoms with van der Waals surface area (Å²) in [6.07, 6.45) is 8.60. The summed E-state index contributed by atoms with van der Waals surface area (Å²) >= 11 is 0. The Morgan fingerprint density at radius 2 is 1.53 bits per heavy atom. The van der Waals surface area contributed by atoms with Crippen molar-refractivity contribution in [2.75, 3.05) is 44.2 Å². The Kier molecular flexibility index (Phi) is 8.17. The molecule has 0 spiro atoms. The minimum absolute atomic E-state index is 0.0265. The van der Waals surface area contributed by atoms with Gasteiger partial charge in [-0.1, -0.05) is 44.2 Å². The number of nitrogens with two attached hydrogens (primary N) is 1. The van der Waals surface area contributed by atoms with Crippen molar-refractivity contribution >= 4 is 28.9 Å². The molecule has 10 heteroatoms. The molecule has 4 aliphatic rings. The first kappa shape index (κ1) is 29.9. The van der Waals surface area contributed by atoms with E-state index in [4.69, 9.17) is 15.5 Å². The topological polar surface area (TPSA) is 114 Å². The smallest absolute Gasteiger partial charge is 0.410 e. The van der Waals surface area contributed by atoms with Gasteiger partial charge in [0.15, 0.2) is 5.82 Å². The molecule has 0 radical (unpaired) electrons. The Morgan fingerprint density at radius 3 is 2.14 bits per heavy atom. The maximum Gasteiger partial charge on any atom is 0.410 e. The summed E-state index contributed by atoms with van der Waals surface area (Å²) in [5, 5.41) is 0. The maximum absolute atomic E-state index is 14.2. The fraction of sp³-hybridized carbons (Fsp3) is 0.697. The monoisotopic (exact) mass is 592 g/mol. The predicted octanol–water partition coefficient (Wildman–Crippen LogP) is 4.30. The number of fused-ring (bicyclic) bond motifs is 2. The van der Waals surface area contributed by atoms with Crippen molar-refractivity contribution in [3.8, 4) is 0 Å². The van der Waals surface area contributed by atoms with Gasteiger partial charge in [0, 0.05) is 57.1 Å². The molecule has 6 rings (SSSR count). The number of carbonyl (C=O) groups excluding carboxylic acids is 2. The molecule has 2 atom stereocenters. The maximum atomic E-state index is 14.2. The highest BCUT2D eigenvalue weighted by molar-refractivity contribution is 5.84. The summed E-state index contributed by atoms with van der Waals surface area (Å²) in [6.45, 7) is 9.83. The second-order valence-corrected chi connectivity index (χ2v) is 14.3. The van der Waals surface area contributed by atoms with E-state index in [9.17, 15) is 14.4 Å². The van der Waals surface area contributed by atoms with E-state index in [1.165, 1.54) is 6.42 Å². The molecule has 234 valence electrons. The number of hydrogen-bond donors (Lipinski definition) is 1. The van der Waals surface area contributed by atoms with Gasteiger partial charge in [-0.25, -0.2) is 9.78 Å². The van der Waals surface area contributed by atoms with E-state index in [0.29, 0.717) is 32.0 Å². The molecule has 1 aliphatic carbocycles. The molecule has 1 aromatic carbocycles. The quantitative estimate of drug-likeness (QED) is 0.563. The summed E-state index contributed by atoms with van der Waals surface area (Å²) in [6, 6.07) is 7.95. The van der Waals surface area contributed by atoms with Gasteiger partial charge in [-0.2, -0.15) is 0 Å². The minimum atomic E-state index is -0.567. The summed E-state index contributed by atoms with van der Waals surface area (Å²) < 4.78 is 7.58. The van der Waals surface area contributed by atoms with Gasteiger partial charge in [-0.3, -0.25) is 14.5 Å². The first-order valence-corrected chi connectivity index (χ1v) is 16.3. The van der Waals surface area contributed by atoms with Crippen molar-refractivity contribution in [1.29, 1.82) is 0 Å². The van der Waals surface area contributed by atoms with Gasteiger partial charge in [-0.05, 0) is 58.6 Å². The Morgan fingerprint density at radius 1 is 0.930 bits per heavy atom. The molecule has 43 heavy (non-hydrogen) atoms. The van der Waals surface area contributed by atoms with Crippen molar-refractivity contribution < 1.29 is 14.3 Å². The third-order valence-corrected chi connectivity index (χ3v) is 10.3. The normalized spacial score (nSPS) is 25.4. The molecule has 2 aromatic rings. The lowest BCUT2D eigenvalue weighted by atomic mass is 9.80. The van der Waals surface area contributed by atoms with Crippen LogP contribution in [0.25, 0.3) is 11.0 Å². The highest BCUT2D eigenvalue weighted by Gasteiger charge is 2.45. The lowest BCUT2D eigenvalue weighted by Gasteiger charge is -2.46. The molecule has 4 heterocycles. The van der Waals surface area contributed by atoms with Crippen molar-refractivity contribution in [2.24, 2.45) is 17.6 Å². The summed E-state index contributed by atoms with van der Waals surface area (Å²) in [5.74, 6) is 0.885. The molecule has 2 amide bonds. The fourth-order valence-electron chi connectivity index (χ4n) is 8.11. The Balaban J connectivity index is 1.21. The largest absolute Gasteiger partial charge is 0.444 e. The summed E-state index contributed by atoms with van der Waals surface area (Å²) in [5.41, 5.74) is 6.65. The van der Waals surface area contributed by atoms with Crippen molar-refractivity contribution in [3.63, 3.8) is 0 Å². The van der Waals surface area contributed by atoms with Crippen LogP contribution in [0.5, 0.6) is 0 Å². The van der Waals surface area contributed by atoms with E-state index in [2.05, 4.69) is 9.80 Å². The van der Waals surface area contributed by atoms with E-state index >= 15 is 0 Å². The number of benzene rings is 1. The van der Waals surface area contributed by atoms with Crippen molar-refractivity contribution in [1.82, 2.24) is 19.4 Å². The molecule has 3 aliphatic heterocycles. The lowest BCUT2D eigenvalue weighted by molar-refractivity contribution is -0.133. The fourth-order valence-corrected chi connectivity index (χ4v) is 8.11. The zero-order chi connectivity index (χ0) is 30.4. The van der Waals surface area contributed by atoms with E-state index in [0.717, 1.165) is 75.5 Å². The van der Waals surface area contributed by atoms with Gasteiger partial charge in [0.05, 0.1) is 11.0 Å². The molecule has 1 saturated carbocycles. The highest BCUT2D eigenvalue weighted by Crippen LogP contribution is 2.37. The van der Waals surface area contributed by atoms with Crippen LogP contribution in [0.15, 0.2) is 29.1 Å². The Bertz CT molecular complexity index is 1390. The van der Waals surface area contributed by atoms with Gasteiger partial charge in [0.1, 0.15) is 11.1 Å². The van der Waals surface area contributed by atoms with Crippen LogP contribution in [-0.4, -0.2) is 81.8 Å². The van der Waals surface area contributed by atoms with Crippen LogP contribution in [-0.2, 0) is 9.53 Å². The van der Waals surface area contributed by atoms with Crippen LogP contribution in [0, 0.1) is 11.8 Å². The van der Waals surface area contributed by atoms with Gasteiger partial charge < -0.3 is 24.8 Å². The van der Waals surface area contributed by atoms with Crippen molar-refractivity contribution in [3.05, 3.63) is 34.6 Å².